The van der Waals surface area contributed by atoms with Gasteiger partial charge in [0.2, 0.25) is 11.7 Å². The number of ether oxygens (including phenoxy) is 2. The highest BCUT2D eigenvalue weighted by Gasteiger charge is 2.58. The summed E-state index contributed by atoms with van der Waals surface area (Å²) in [5, 5.41) is 13.0. The number of nitrogens with zero attached hydrogens (tertiary/aromatic N) is 2. The van der Waals surface area contributed by atoms with Crippen molar-refractivity contribution in [1.82, 2.24) is 9.97 Å². The minimum Gasteiger partial charge on any atom is -0.479 e. The third kappa shape index (κ3) is 4.14. The molecule has 0 amide bonds. The molecule has 1 aliphatic rings. The number of carboxylic acid groups (broad SMARTS) is 1. The first kappa shape index (κ1) is 23.7. The summed E-state index contributed by atoms with van der Waals surface area (Å²) in [6.45, 7) is 0. The average Bonchev–Trinajstić information content (AvgIpc) is 2.85. The topological polar surface area (TPSA) is 163 Å². The minimum absolute atomic E-state index is 0.00962. The standard InChI is InChI=1S/C25H23N5O5/c1-34-22-25(35-2,23(32)33)20(31)19-17(12-16-13-28-24(27)30-21(16)26)15(10-11-18(19)29-22)9-8-14-6-4-3-5-7-14/h3-7,10-11,13,22,29H,12H2,1-2H3,(H,32,33)(H4,26,27,28,30). The minimum atomic E-state index is -2.31. The van der Waals surface area contributed by atoms with Crippen LogP contribution in [0.3, 0.4) is 0 Å². The van der Waals surface area contributed by atoms with Crippen LogP contribution in [0, 0.1) is 11.8 Å². The quantitative estimate of drug-likeness (QED) is 0.317. The molecule has 4 rings (SSSR count). The Morgan fingerprint density at radius 3 is 2.54 bits per heavy atom. The van der Waals surface area contributed by atoms with Crippen LogP contribution in [0.4, 0.5) is 17.5 Å². The number of methoxy groups -OCH3 is 2. The molecule has 35 heavy (non-hydrogen) atoms. The number of fused-ring (bicyclic) bond motifs is 1. The number of carboxylic acids is 1. The predicted molar refractivity (Wildman–Crippen MR) is 129 cm³/mol. The molecule has 2 heterocycles. The van der Waals surface area contributed by atoms with Crippen LogP contribution in [0.5, 0.6) is 0 Å². The van der Waals surface area contributed by atoms with Gasteiger partial charge in [0.25, 0.3) is 5.60 Å². The Morgan fingerprint density at radius 1 is 1.17 bits per heavy atom. The van der Waals surface area contributed by atoms with E-state index in [4.69, 9.17) is 20.9 Å². The van der Waals surface area contributed by atoms with E-state index in [9.17, 15) is 14.7 Å². The molecule has 0 aliphatic carbocycles. The average molecular weight is 473 g/mol. The number of hydrogen-bond acceptors (Lipinski definition) is 9. The van der Waals surface area contributed by atoms with Gasteiger partial charge in [-0.1, -0.05) is 30.0 Å². The van der Waals surface area contributed by atoms with Gasteiger partial charge in [0.15, 0.2) is 6.23 Å². The van der Waals surface area contributed by atoms with Crippen molar-refractivity contribution in [1.29, 1.82) is 0 Å². The van der Waals surface area contributed by atoms with Crippen molar-refractivity contribution in [2.45, 2.75) is 18.2 Å². The molecule has 2 atom stereocenters. The normalized spacial score (nSPS) is 18.7. The lowest BCUT2D eigenvalue weighted by Crippen LogP contribution is -2.63. The van der Waals surface area contributed by atoms with Crippen LogP contribution in [0.15, 0.2) is 48.7 Å². The van der Waals surface area contributed by atoms with E-state index in [1.807, 2.05) is 30.3 Å². The number of carbonyl (C=O) groups excluding carboxylic acids is 1. The molecule has 1 aliphatic heterocycles. The molecule has 0 saturated carbocycles. The molecule has 0 saturated heterocycles. The number of nitrogens with two attached hydrogens (primary N) is 2. The van der Waals surface area contributed by atoms with Crippen LogP contribution in [0.25, 0.3) is 0 Å². The lowest BCUT2D eigenvalue weighted by molar-refractivity contribution is -0.168. The van der Waals surface area contributed by atoms with E-state index >= 15 is 0 Å². The van der Waals surface area contributed by atoms with Crippen LogP contribution in [-0.4, -0.2) is 52.9 Å². The lowest BCUT2D eigenvalue weighted by Gasteiger charge is -2.39. The highest BCUT2D eigenvalue weighted by atomic mass is 16.6. The Kier molecular flexibility index (Phi) is 6.38. The van der Waals surface area contributed by atoms with E-state index in [2.05, 4.69) is 27.1 Å². The monoisotopic (exact) mass is 473 g/mol. The summed E-state index contributed by atoms with van der Waals surface area (Å²) in [4.78, 5) is 34.1. The highest BCUT2D eigenvalue weighted by molar-refractivity contribution is 6.20. The zero-order valence-electron chi connectivity index (χ0n) is 19.0. The van der Waals surface area contributed by atoms with Crippen molar-refractivity contribution in [3.05, 3.63) is 76.5 Å². The van der Waals surface area contributed by atoms with Gasteiger partial charge in [0.1, 0.15) is 5.82 Å². The van der Waals surface area contributed by atoms with Crippen LogP contribution in [0.2, 0.25) is 0 Å². The van der Waals surface area contributed by atoms with Crippen molar-refractivity contribution in [3.63, 3.8) is 0 Å². The number of rotatable bonds is 5. The van der Waals surface area contributed by atoms with Gasteiger partial charge < -0.3 is 31.4 Å². The van der Waals surface area contributed by atoms with Gasteiger partial charge in [-0.2, -0.15) is 4.98 Å². The molecule has 0 radical (unpaired) electrons. The van der Waals surface area contributed by atoms with Crippen molar-refractivity contribution >= 4 is 29.2 Å². The maximum Gasteiger partial charge on any atom is 0.349 e. The Balaban J connectivity index is 1.95. The number of benzene rings is 2. The van der Waals surface area contributed by atoms with E-state index in [0.29, 0.717) is 22.4 Å². The smallest absolute Gasteiger partial charge is 0.349 e. The van der Waals surface area contributed by atoms with Crippen molar-refractivity contribution in [2.75, 3.05) is 31.0 Å². The number of ketones is 1. The fourth-order valence-corrected chi connectivity index (χ4v) is 4.02. The van der Waals surface area contributed by atoms with Crippen LogP contribution < -0.4 is 16.8 Å². The zero-order chi connectivity index (χ0) is 25.2. The number of aliphatic carboxylic acids is 1. The van der Waals surface area contributed by atoms with Gasteiger partial charge >= 0.3 is 5.97 Å². The summed E-state index contributed by atoms with van der Waals surface area (Å²) in [5.74, 6) is 4.05. The van der Waals surface area contributed by atoms with Crippen molar-refractivity contribution in [3.8, 4) is 11.8 Å². The van der Waals surface area contributed by atoms with Crippen LogP contribution in [0.1, 0.15) is 32.6 Å². The van der Waals surface area contributed by atoms with Crippen LogP contribution in [-0.2, 0) is 20.7 Å². The van der Waals surface area contributed by atoms with E-state index in [1.54, 1.807) is 12.1 Å². The fourth-order valence-electron chi connectivity index (χ4n) is 4.02. The molecule has 2 unspecified atom stereocenters. The molecular formula is C25H23N5O5. The zero-order valence-corrected chi connectivity index (χ0v) is 19.0. The van der Waals surface area contributed by atoms with Gasteiger partial charge in [0.05, 0.1) is 0 Å². The predicted octanol–water partition coefficient (Wildman–Crippen LogP) is 1.68. The molecule has 3 aromatic rings. The number of nitrogen functional groups attached to an aromatic ring is 2. The second kappa shape index (κ2) is 9.42. The Labute approximate surface area is 201 Å². The molecule has 0 spiro atoms. The van der Waals surface area contributed by atoms with Gasteiger partial charge in [-0.25, -0.2) is 9.78 Å². The lowest BCUT2D eigenvalue weighted by atomic mass is 9.81. The van der Waals surface area contributed by atoms with Gasteiger partial charge in [0, 0.05) is 54.8 Å². The Hall–Kier alpha value is -4.46. The summed E-state index contributed by atoms with van der Waals surface area (Å²) in [7, 11) is 2.44. The van der Waals surface area contributed by atoms with Gasteiger partial charge in [-0.15, -0.1) is 0 Å². The second-order valence-corrected chi connectivity index (χ2v) is 7.78. The van der Waals surface area contributed by atoms with E-state index in [1.165, 1.54) is 13.3 Å². The number of anilines is 3. The third-order valence-corrected chi connectivity index (χ3v) is 5.81. The summed E-state index contributed by atoms with van der Waals surface area (Å²) in [6.07, 6.45) is 0.299. The Morgan fingerprint density at radius 2 is 1.91 bits per heavy atom. The summed E-state index contributed by atoms with van der Waals surface area (Å²) in [6, 6.07) is 12.7. The summed E-state index contributed by atoms with van der Waals surface area (Å²) < 4.78 is 10.6. The number of Topliss-reactive ketones (excluding diaryl/α,β-unsaturated/α-hetero) is 1. The fraction of sp³-hybridized carbons (Fsp3) is 0.200. The summed E-state index contributed by atoms with van der Waals surface area (Å²) in [5.41, 5.74) is 12.1. The van der Waals surface area contributed by atoms with E-state index < -0.39 is 23.6 Å². The van der Waals surface area contributed by atoms with Crippen molar-refractivity contribution < 1.29 is 24.2 Å². The largest absolute Gasteiger partial charge is 0.479 e. The van der Waals surface area contributed by atoms with E-state index in [0.717, 1.165) is 12.7 Å². The Bertz CT molecular complexity index is 1370. The molecule has 2 aromatic carbocycles. The SMILES string of the molecule is COC1Nc2ccc(C#Cc3ccccc3)c(Cc3cnc(N)nc3N)c2C(=O)C1(OC)C(=O)O. The highest BCUT2D eigenvalue weighted by Crippen LogP contribution is 2.38. The number of nitrogens with one attached hydrogen (secondary N) is 1. The molecule has 10 heteroatoms. The first-order chi connectivity index (χ1) is 16.8. The first-order valence-corrected chi connectivity index (χ1v) is 10.5. The molecule has 1 aromatic heterocycles. The molecule has 178 valence electrons. The third-order valence-electron chi connectivity index (χ3n) is 5.81. The van der Waals surface area contributed by atoms with Crippen LogP contribution >= 0.6 is 0 Å². The number of hydrogen-bond donors (Lipinski definition) is 4. The maximum absolute atomic E-state index is 13.8. The molecule has 10 nitrogen and oxygen atoms in total. The maximum atomic E-state index is 13.8. The molecule has 0 fully saturated rings. The number of carbonyl (C=O) groups is 2. The van der Waals surface area contributed by atoms with Crippen molar-refractivity contribution in [2.24, 2.45) is 0 Å². The second-order valence-electron chi connectivity index (χ2n) is 7.78. The molecule has 6 N–H and O–H groups in total. The first-order valence-electron chi connectivity index (χ1n) is 10.5. The molecular weight excluding hydrogens is 450 g/mol. The van der Waals surface area contributed by atoms with E-state index in [-0.39, 0.29) is 23.8 Å². The van der Waals surface area contributed by atoms with Gasteiger partial charge in [-0.3, -0.25) is 4.79 Å². The summed E-state index contributed by atoms with van der Waals surface area (Å²) >= 11 is 0. The number of aromatic nitrogens is 2. The van der Waals surface area contributed by atoms with Gasteiger partial charge in [-0.05, 0) is 29.8 Å². The molecule has 0 bridgehead atoms.